The zero-order valence-corrected chi connectivity index (χ0v) is 15.8. The molecule has 2 aromatic carbocycles. The number of imidazole rings is 1. The van der Waals surface area contributed by atoms with Crippen LogP contribution in [0.4, 0.5) is 5.69 Å². The number of nitrogens with zero attached hydrogens (tertiary/aromatic N) is 2. The molecule has 0 amide bonds. The van der Waals surface area contributed by atoms with Crippen molar-refractivity contribution in [1.82, 2.24) is 9.38 Å². The first-order valence-electron chi connectivity index (χ1n) is 8.60. The fourth-order valence-electron chi connectivity index (χ4n) is 2.87. The number of carbonyl (C=O) groups is 1. The second-order valence-electron chi connectivity index (χ2n) is 6.36. The number of anilines is 1. The van der Waals surface area contributed by atoms with Crippen molar-refractivity contribution in [3.8, 4) is 11.3 Å². The van der Waals surface area contributed by atoms with Crippen LogP contribution in [0.2, 0.25) is 0 Å². The molecule has 0 fully saturated rings. The smallest absolute Gasteiger partial charge is 0.261 e. The van der Waals surface area contributed by atoms with Crippen LogP contribution in [0.3, 0.4) is 0 Å². The second kappa shape index (κ2) is 6.94. The molecule has 0 bridgehead atoms. The fourth-order valence-corrected chi connectivity index (χ4v) is 3.92. The molecule has 140 valence electrons. The average Bonchev–Trinajstić information content (AvgIpc) is 3.12. The largest absolute Gasteiger partial charge is 0.306 e. The molecule has 0 saturated heterocycles. The van der Waals surface area contributed by atoms with Gasteiger partial charge in [-0.2, -0.15) is 0 Å². The molecule has 0 aliphatic heterocycles. The molecule has 2 aromatic heterocycles. The summed E-state index contributed by atoms with van der Waals surface area (Å²) in [7, 11) is -3.73. The van der Waals surface area contributed by atoms with Crippen LogP contribution in [0.15, 0.2) is 84.0 Å². The molecule has 0 saturated carbocycles. The summed E-state index contributed by atoms with van der Waals surface area (Å²) in [6.07, 6.45) is 3.84. The number of rotatable bonds is 5. The molecule has 7 heteroatoms. The maximum Gasteiger partial charge on any atom is 0.261 e. The Labute approximate surface area is 162 Å². The molecular weight excluding hydrogens is 374 g/mol. The summed E-state index contributed by atoms with van der Waals surface area (Å²) in [5, 5.41) is 0. The molecule has 6 nitrogen and oxygen atoms in total. The summed E-state index contributed by atoms with van der Waals surface area (Å²) in [5.41, 5.74) is 3.45. The third kappa shape index (κ3) is 3.52. The van der Waals surface area contributed by atoms with E-state index in [1.807, 2.05) is 47.1 Å². The molecular formula is C21H17N3O3S. The predicted octanol–water partition coefficient (Wildman–Crippen LogP) is 4.00. The van der Waals surface area contributed by atoms with Crippen molar-refractivity contribution in [3.05, 3.63) is 84.7 Å². The van der Waals surface area contributed by atoms with E-state index in [0.29, 0.717) is 11.3 Å². The summed E-state index contributed by atoms with van der Waals surface area (Å²) < 4.78 is 29.6. The number of carbonyl (C=O) groups excluding carboxylic acids is 1. The van der Waals surface area contributed by atoms with E-state index < -0.39 is 10.0 Å². The van der Waals surface area contributed by atoms with Crippen LogP contribution in [0.1, 0.15) is 17.3 Å². The third-order valence-electron chi connectivity index (χ3n) is 4.37. The minimum atomic E-state index is -3.73. The van der Waals surface area contributed by atoms with Crippen LogP contribution in [-0.2, 0) is 10.0 Å². The Kier molecular flexibility index (Phi) is 4.44. The number of sulfonamides is 1. The van der Waals surface area contributed by atoms with Gasteiger partial charge < -0.3 is 4.40 Å². The topological polar surface area (TPSA) is 80.5 Å². The zero-order chi connectivity index (χ0) is 19.7. The SMILES string of the molecule is CC(=O)c1ccc(S(=O)(=O)Nc2ccc(-c3cn4ccccc4n3)cc2)cc1. The van der Waals surface area contributed by atoms with E-state index in [9.17, 15) is 13.2 Å². The van der Waals surface area contributed by atoms with Gasteiger partial charge in [-0.3, -0.25) is 9.52 Å². The van der Waals surface area contributed by atoms with Crippen LogP contribution in [0.5, 0.6) is 0 Å². The summed E-state index contributed by atoms with van der Waals surface area (Å²) in [4.78, 5) is 16.0. The highest BCUT2D eigenvalue weighted by molar-refractivity contribution is 7.92. The third-order valence-corrected chi connectivity index (χ3v) is 5.77. The summed E-state index contributed by atoms with van der Waals surface area (Å²) >= 11 is 0. The Morgan fingerprint density at radius 2 is 1.68 bits per heavy atom. The lowest BCUT2D eigenvalue weighted by Gasteiger charge is -2.09. The summed E-state index contributed by atoms with van der Waals surface area (Å²) in [6.45, 7) is 1.44. The van der Waals surface area contributed by atoms with Gasteiger partial charge in [0.2, 0.25) is 0 Å². The number of hydrogen-bond acceptors (Lipinski definition) is 4. The van der Waals surface area contributed by atoms with Gasteiger partial charge in [0.1, 0.15) is 5.65 Å². The van der Waals surface area contributed by atoms with E-state index >= 15 is 0 Å². The number of Topliss-reactive ketones (excluding diaryl/α,β-unsaturated/α-hetero) is 1. The number of pyridine rings is 1. The maximum absolute atomic E-state index is 12.5. The first kappa shape index (κ1) is 17.9. The quantitative estimate of drug-likeness (QED) is 0.521. The Morgan fingerprint density at radius 1 is 0.964 bits per heavy atom. The number of benzene rings is 2. The molecule has 0 atom stereocenters. The Bertz CT molecular complexity index is 1230. The number of hydrogen-bond donors (Lipinski definition) is 1. The van der Waals surface area contributed by atoms with Gasteiger partial charge >= 0.3 is 0 Å². The number of fused-ring (bicyclic) bond motifs is 1. The van der Waals surface area contributed by atoms with E-state index in [2.05, 4.69) is 9.71 Å². The lowest BCUT2D eigenvalue weighted by molar-refractivity contribution is 0.101. The second-order valence-corrected chi connectivity index (χ2v) is 8.04. The lowest BCUT2D eigenvalue weighted by Crippen LogP contribution is -2.13. The molecule has 0 unspecified atom stereocenters. The minimum Gasteiger partial charge on any atom is -0.306 e. The normalized spacial score (nSPS) is 11.5. The van der Waals surface area contributed by atoms with E-state index in [4.69, 9.17) is 0 Å². The molecule has 2 heterocycles. The first-order chi connectivity index (χ1) is 13.4. The zero-order valence-electron chi connectivity index (χ0n) is 15.0. The van der Waals surface area contributed by atoms with Gasteiger partial charge in [0, 0.05) is 29.2 Å². The molecule has 1 N–H and O–H groups in total. The van der Waals surface area contributed by atoms with Crippen molar-refractivity contribution in [2.45, 2.75) is 11.8 Å². The Balaban J connectivity index is 1.55. The van der Waals surface area contributed by atoms with Crippen LogP contribution in [0, 0.1) is 0 Å². The fraction of sp³-hybridized carbons (Fsp3) is 0.0476. The predicted molar refractivity (Wildman–Crippen MR) is 108 cm³/mol. The highest BCUT2D eigenvalue weighted by Gasteiger charge is 2.15. The van der Waals surface area contributed by atoms with Gasteiger partial charge in [-0.1, -0.05) is 30.3 Å². The van der Waals surface area contributed by atoms with Crippen LogP contribution >= 0.6 is 0 Å². The maximum atomic E-state index is 12.5. The van der Waals surface area contributed by atoms with Crippen LogP contribution in [0.25, 0.3) is 16.9 Å². The van der Waals surface area contributed by atoms with Gasteiger partial charge in [-0.05, 0) is 43.3 Å². The van der Waals surface area contributed by atoms with E-state index in [1.165, 1.54) is 31.2 Å². The van der Waals surface area contributed by atoms with Crippen LogP contribution in [-0.4, -0.2) is 23.6 Å². The van der Waals surface area contributed by atoms with Crippen molar-refractivity contribution in [2.24, 2.45) is 0 Å². The molecule has 0 radical (unpaired) electrons. The van der Waals surface area contributed by atoms with Gasteiger partial charge in [0.15, 0.2) is 5.78 Å². The Hall–Kier alpha value is -3.45. The first-order valence-corrected chi connectivity index (χ1v) is 10.1. The molecule has 0 aliphatic rings. The average molecular weight is 391 g/mol. The van der Waals surface area contributed by atoms with Gasteiger partial charge in [0.05, 0.1) is 10.6 Å². The van der Waals surface area contributed by atoms with Crippen molar-refractivity contribution < 1.29 is 13.2 Å². The number of ketones is 1. The number of aromatic nitrogens is 2. The summed E-state index contributed by atoms with van der Waals surface area (Å²) in [6, 6.07) is 18.6. The van der Waals surface area contributed by atoms with Crippen molar-refractivity contribution in [3.63, 3.8) is 0 Å². The Morgan fingerprint density at radius 3 is 2.32 bits per heavy atom. The summed E-state index contributed by atoms with van der Waals surface area (Å²) in [5.74, 6) is -0.112. The lowest BCUT2D eigenvalue weighted by atomic mass is 10.1. The molecule has 0 aliphatic carbocycles. The van der Waals surface area contributed by atoms with E-state index in [0.717, 1.165) is 16.9 Å². The number of nitrogens with one attached hydrogen (secondary N) is 1. The molecule has 28 heavy (non-hydrogen) atoms. The van der Waals surface area contributed by atoms with Crippen LogP contribution < -0.4 is 4.72 Å². The van der Waals surface area contributed by atoms with E-state index in [1.54, 1.807) is 12.1 Å². The molecule has 0 spiro atoms. The molecule has 4 aromatic rings. The van der Waals surface area contributed by atoms with Crippen molar-refractivity contribution >= 4 is 27.1 Å². The van der Waals surface area contributed by atoms with Gasteiger partial charge in [-0.15, -0.1) is 0 Å². The highest BCUT2D eigenvalue weighted by Crippen LogP contribution is 2.23. The van der Waals surface area contributed by atoms with Crippen molar-refractivity contribution in [1.29, 1.82) is 0 Å². The van der Waals surface area contributed by atoms with Gasteiger partial charge in [-0.25, -0.2) is 13.4 Å². The minimum absolute atomic E-state index is 0.0990. The monoisotopic (exact) mass is 391 g/mol. The van der Waals surface area contributed by atoms with E-state index in [-0.39, 0.29) is 10.7 Å². The van der Waals surface area contributed by atoms with Gasteiger partial charge in [0.25, 0.3) is 10.0 Å². The standard InChI is InChI=1S/C21H17N3O3S/c1-15(25)16-7-11-19(12-8-16)28(26,27)23-18-9-5-17(6-10-18)20-14-24-13-3-2-4-21(24)22-20/h2-14,23H,1H3. The van der Waals surface area contributed by atoms with Crippen molar-refractivity contribution in [2.75, 3.05) is 4.72 Å². The molecule has 4 rings (SSSR count). The highest BCUT2D eigenvalue weighted by atomic mass is 32.2.